The number of methoxy groups -OCH3 is 1. The summed E-state index contributed by atoms with van der Waals surface area (Å²) in [6.45, 7) is 0. The number of benzene rings is 2. The third kappa shape index (κ3) is 3.43. The predicted octanol–water partition coefficient (Wildman–Crippen LogP) is 4.88. The van der Waals surface area contributed by atoms with E-state index >= 15 is 0 Å². The fraction of sp³-hybridized carbons (Fsp3) is 0.0667. The molecule has 0 saturated carbocycles. The highest BCUT2D eigenvalue weighted by atomic mass is 35.5. The third-order valence-corrected chi connectivity index (χ3v) is 3.23. The van der Waals surface area contributed by atoms with Crippen LogP contribution in [0.4, 0.5) is 0 Å². The van der Waals surface area contributed by atoms with Gasteiger partial charge in [-0.15, -0.1) is 0 Å². The van der Waals surface area contributed by atoms with Gasteiger partial charge in [-0.05, 0) is 29.8 Å². The van der Waals surface area contributed by atoms with Crippen molar-refractivity contribution < 1.29 is 9.84 Å². The molecule has 98 valence electrons. The van der Waals surface area contributed by atoms with Gasteiger partial charge in [-0.1, -0.05) is 47.5 Å². The number of ether oxygens (including phenoxy) is 1. The summed E-state index contributed by atoms with van der Waals surface area (Å²) in [6, 6.07) is 10.5. The molecule has 0 bridgehead atoms. The van der Waals surface area contributed by atoms with E-state index in [1.54, 1.807) is 13.2 Å². The Morgan fingerprint density at radius 2 is 1.74 bits per heavy atom. The van der Waals surface area contributed by atoms with Crippen LogP contribution < -0.4 is 4.74 Å². The summed E-state index contributed by atoms with van der Waals surface area (Å²) in [5.74, 6) is 0.832. The summed E-state index contributed by atoms with van der Waals surface area (Å²) in [5, 5.41) is 10.2. The standard InChI is InChI=1S/C15H12Cl2O2/c1-19-12-4-2-3-10(7-12)5-6-13-14(16)8-11(18)9-15(13)17/h2-9,18H,1H3/b6-5-. The van der Waals surface area contributed by atoms with Gasteiger partial charge in [-0.2, -0.15) is 0 Å². The topological polar surface area (TPSA) is 29.5 Å². The number of hydrogen-bond acceptors (Lipinski definition) is 2. The lowest BCUT2D eigenvalue weighted by Crippen LogP contribution is -1.82. The van der Waals surface area contributed by atoms with Gasteiger partial charge in [0.1, 0.15) is 11.5 Å². The summed E-state index contributed by atoms with van der Waals surface area (Å²) in [7, 11) is 1.62. The first-order chi connectivity index (χ1) is 9.10. The highest BCUT2D eigenvalue weighted by Crippen LogP contribution is 2.31. The van der Waals surface area contributed by atoms with E-state index in [9.17, 15) is 5.11 Å². The summed E-state index contributed by atoms with van der Waals surface area (Å²) in [6.07, 6.45) is 3.69. The Labute approximate surface area is 121 Å². The van der Waals surface area contributed by atoms with Gasteiger partial charge in [0, 0.05) is 5.56 Å². The molecule has 0 radical (unpaired) electrons. The molecular weight excluding hydrogens is 283 g/mol. The second kappa shape index (κ2) is 6.00. The Kier molecular flexibility index (Phi) is 4.35. The maximum absolute atomic E-state index is 9.36. The molecule has 0 aliphatic carbocycles. The molecule has 0 aliphatic rings. The van der Waals surface area contributed by atoms with Crippen molar-refractivity contribution in [2.24, 2.45) is 0 Å². The molecule has 0 spiro atoms. The number of phenols is 1. The molecule has 0 atom stereocenters. The number of halogens is 2. The Morgan fingerprint density at radius 1 is 1.05 bits per heavy atom. The first-order valence-electron chi connectivity index (χ1n) is 5.60. The normalized spacial score (nSPS) is 10.9. The highest BCUT2D eigenvalue weighted by Gasteiger charge is 2.05. The second-order valence-electron chi connectivity index (χ2n) is 3.93. The molecule has 19 heavy (non-hydrogen) atoms. The molecule has 2 rings (SSSR count). The van der Waals surface area contributed by atoms with E-state index in [1.165, 1.54) is 12.1 Å². The molecule has 0 amide bonds. The zero-order valence-electron chi connectivity index (χ0n) is 10.2. The van der Waals surface area contributed by atoms with Crippen molar-refractivity contribution in [1.29, 1.82) is 0 Å². The van der Waals surface area contributed by atoms with E-state index in [0.717, 1.165) is 11.3 Å². The molecule has 1 N–H and O–H groups in total. The van der Waals surface area contributed by atoms with Crippen molar-refractivity contribution in [1.82, 2.24) is 0 Å². The number of phenolic OH excluding ortho intramolecular Hbond substituents is 1. The molecule has 2 nitrogen and oxygen atoms in total. The maximum atomic E-state index is 9.36. The summed E-state index contributed by atoms with van der Waals surface area (Å²) in [5.41, 5.74) is 1.64. The van der Waals surface area contributed by atoms with Crippen LogP contribution in [0.25, 0.3) is 12.2 Å². The Morgan fingerprint density at radius 3 is 2.37 bits per heavy atom. The van der Waals surface area contributed by atoms with E-state index in [-0.39, 0.29) is 5.75 Å². The average Bonchev–Trinajstić information content (AvgIpc) is 2.37. The van der Waals surface area contributed by atoms with Crippen molar-refractivity contribution in [3.8, 4) is 11.5 Å². The van der Waals surface area contributed by atoms with Crippen LogP contribution in [0.3, 0.4) is 0 Å². The van der Waals surface area contributed by atoms with Crippen LogP contribution in [0.15, 0.2) is 36.4 Å². The first-order valence-corrected chi connectivity index (χ1v) is 6.36. The van der Waals surface area contributed by atoms with Gasteiger partial charge in [-0.3, -0.25) is 0 Å². The minimum atomic E-state index is 0.0496. The molecule has 0 unspecified atom stereocenters. The summed E-state index contributed by atoms with van der Waals surface area (Å²) >= 11 is 12.1. The van der Waals surface area contributed by atoms with Gasteiger partial charge in [0.25, 0.3) is 0 Å². The predicted molar refractivity (Wildman–Crippen MR) is 80.0 cm³/mol. The van der Waals surface area contributed by atoms with Gasteiger partial charge < -0.3 is 9.84 Å². The van der Waals surface area contributed by atoms with E-state index in [1.807, 2.05) is 30.3 Å². The molecule has 4 heteroatoms. The van der Waals surface area contributed by atoms with Crippen molar-refractivity contribution in [3.63, 3.8) is 0 Å². The van der Waals surface area contributed by atoms with Gasteiger partial charge in [0.05, 0.1) is 17.2 Å². The molecule has 0 heterocycles. The first kappa shape index (κ1) is 13.8. The Bertz CT molecular complexity index is 598. The van der Waals surface area contributed by atoms with Crippen molar-refractivity contribution in [2.45, 2.75) is 0 Å². The largest absolute Gasteiger partial charge is 0.508 e. The lowest BCUT2D eigenvalue weighted by molar-refractivity contribution is 0.414. The minimum Gasteiger partial charge on any atom is -0.508 e. The van der Waals surface area contributed by atoms with Crippen LogP contribution in [0.1, 0.15) is 11.1 Å². The number of aromatic hydroxyl groups is 1. The monoisotopic (exact) mass is 294 g/mol. The highest BCUT2D eigenvalue weighted by molar-refractivity contribution is 6.37. The maximum Gasteiger partial charge on any atom is 0.119 e. The van der Waals surface area contributed by atoms with Crippen molar-refractivity contribution in [2.75, 3.05) is 7.11 Å². The lowest BCUT2D eigenvalue weighted by atomic mass is 10.1. The summed E-state index contributed by atoms with van der Waals surface area (Å²) < 4.78 is 5.15. The second-order valence-corrected chi connectivity index (χ2v) is 4.75. The van der Waals surface area contributed by atoms with Crippen LogP contribution in [0, 0.1) is 0 Å². The molecule has 0 aromatic heterocycles. The van der Waals surface area contributed by atoms with E-state index in [2.05, 4.69) is 0 Å². The van der Waals surface area contributed by atoms with Crippen LogP contribution in [0.2, 0.25) is 10.0 Å². The van der Waals surface area contributed by atoms with Crippen LogP contribution in [0.5, 0.6) is 11.5 Å². The van der Waals surface area contributed by atoms with Crippen LogP contribution in [-0.4, -0.2) is 12.2 Å². The molecular formula is C15H12Cl2O2. The fourth-order valence-electron chi connectivity index (χ4n) is 1.65. The Balaban J connectivity index is 2.32. The minimum absolute atomic E-state index is 0.0496. The molecule has 0 aliphatic heterocycles. The zero-order chi connectivity index (χ0) is 13.8. The molecule has 0 fully saturated rings. The summed E-state index contributed by atoms with van der Waals surface area (Å²) in [4.78, 5) is 0. The van der Waals surface area contributed by atoms with Gasteiger partial charge in [0.2, 0.25) is 0 Å². The lowest BCUT2D eigenvalue weighted by Gasteiger charge is -2.03. The van der Waals surface area contributed by atoms with E-state index < -0.39 is 0 Å². The molecule has 0 saturated heterocycles. The third-order valence-electron chi connectivity index (χ3n) is 2.60. The smallest absolute Gasteiger partial charge is 0.119 e. The molecule has 2 aromatic rings. The molecule has 2 aromatic carbocycles. The van der Waals surface area contributed by atoms with Crippen molar-refractivity contribution in [3.05, 3.63) is 57.6 Å². The Hall–Kier alpha value is -1.64. The quantitative estimate of drug-likeness (QED) is 0.818. The van der Waals surface area contributed by atoms with E-state index in [0.29, 0.717) is 15.6 Å². The van der Waals surface area contributed by atoms with Crippen LogP contribution in [-0.2, 0) is 0 Å². The fourth-order valence-corrected chi connectivity index (χ4v) is 2.26. The number of hydrogen-bond donors (Lipinski definition) is 1. The number of rotatable bonds is 3. The van der Waals surface area contributed by atoms with Gasteiger partial charge in [-0.25, -0.2) is 0 Å². The van der Waals surface area contributed by atoms with Crippen molar-refractivity contribution >= 4 is 35.4 Å². The average molecular weight is 295 g/mol. The van der Waals surface area contributed by atoms with Gasteiger partial charge in [0.15, 0.2) is 0 Å². The van der Waals surface area contributed by atoms with Gasteiger partial charge >= 0.3 is 0 Å². The van der Waals surface area contributed by atoms with E-state index in [4.69, 9.17) is 27.9 Å². The SMILES string of the molecule is COc1cccc(/C=C\c2c(Cl)cc(O)cc2Cl)c1. The zero-order valence-corrected chi connectivity index (χ0v) is 11.7. The van der Waals surface area contributed by atoms with Crippen LogP contribution >= 0.6 is 23.2 Å².